The first-order valence-electron chi connectivity index (χ1n) is 8.44. The molecule has 30 heavy (non-hydrogen) atoms. The predicted molar refractivity (Wildman–Crippen MR) is 102 cm³/mol. The van der Waals surface area contributed by atoms with Gasteiger partial charge in [-0.1, -0.05) is 0 Å². The van der Waals surface area contributed by atoms with Crippen LogP contribution in [-0.2, 0) is 16.2 Å². The summed E-state index contributed by atoms with van der Waals surface area (Å²) in [5.41, 5.74) is 0.0221. The average molecular weight is 433 g/mol. The number of nitrogens with zero attached hydrogens (tertiary/aromatic N) is 2. The Balaban J connectivity index is 1.81. The molecule has 2 aromatic carbocycles. The van der Waals surface area contributed by atoms with Gasteiger partial charge >= 0.3 is 6.18 Å². The summed E-state index contributed by atoms with van der Waals surface area (Å²) < 4.78 is 70.9. The number of alkyl halides is 3. The van der Waals surface area contributed by atoms with Crippen LogP contribution >= 0.6 is 0 Å². The standard InChI is InChI=1S/C20H14F3N3O3S/c1-13-11-16(29-19-14(12-24)3-2-10-25-19)6-9-18(13)26-30(27,28)17-7-4-15(5-8-17)20(21,22)23/h2-11,26H,1H3. The molecule has 10 heteroatoms. The number of rotatable bonds is 5. The Kier molecular flexibility index (Phi) is 5.67. The van der Waals surface area contributed by atoms with E-state index in [2.05, 4.69) is 9.71 Å². The fraction of sp³-hybridized carbons (Fsp3) is 0.100. The predicted octanol–water partition coefficient (Wildman–Crippen LogP) is 4.87. The zero-order valence-corrected chi connectivity index (χ0v) is 16.3. The highest BCUT2D eigenvalue weighted by Crippen LogP contribution is 2.31. The molecule has 3 rings (SSSR count). The number of aromatic nitrogens is 1. The SMILES string of the molecule is Cc1cc(Oc2ncccc2C#N)ccc1NS(=O)(=O)c1ccc(C(F)(F)F)cc1. The maximum absolute atomic E-state index is 12.7. The number of aryl methyl sites for hydroxylation is 1. The van der Waals surface area contributed by atoms with Crippen molar-refractivity contribution in [1.82, 2.24) is 4.98 Å². The number of ether oxygens (including phenoxy) is 1. The Labute approximate surface area is 170 Å². The van der Waals surface area contributed by atoms with Crippen molar-refractivity contribution < 1.29 is 26.3 Å². The molecule has 0 radical (unpaired) electrons. The normalized spacial score (nSPS) is 11.6. The Morgan fingerprint density at radius 2 is 1.80 bits per heavy atom. The van der Waals surface area contributed by atoms with Gasteiger partial charge in [0.2, 0.25) is 5.88 Å². The molecule has 0 atom stereocenters. The van der Waals surface area contributed by atoms with Gasteiger partial charge in [-0.2, -0.15) is 18.4 Å². The molecule has 0 aliphatic heterocycles. The number of benzene rings is 2. The summed E-state index contributed by atoms with van der Waals surface area (Å²) >= 11 is 0. The van der Waals surface area contributed by atoms with E-state index in [1.54, 1.807) is 25.1 Å². The Bertz CT molecular complexity index is 1220. The van der Waals surface area contributed by atoms with Crippen molar-refractivity contribution in [2.24, 2.45) is 0 Å². The van der Waals surface area contributed by atoms with E-state index in [0.29, 0.717) is 23.4 Å². The van der Waals surface area contributed by atoms with Crippen molar-refractivity contribution in [1.29, 1.82) is 5.26 Å². The fourth-order valence-corrected chi connectivity index (χ4v) is 3.64. The molecule has 1 N–H and O–H groups in total. The van der Waals surface area contributed by atoms with Crippen LogP contribution in [0.25, 0.3) is 0 Å². The van der Waals surface area contributed by atoms with Crippen LogP contribution in [0.1, 0.15) is 16.7 Å². The van der Waals surface area contributed by atoms with E-state index in [4.69, 9.17) is 10.00 Å². The van der Waals surface area contributed by atoms with Gasteiger partial charge in [0.15, 0.2) is 0 Å². The summed E-state index contributed by atoms with van der Waals surface area (Å²) in [6, 6.07) is 12.8. The number of anilines is 1. The third-order valence-electron chi connectivity index (χ3n) is 4.04. The molecule has 0 bridgehead atoms. The molecule has 154 valence electrons. The topological polar surface area (TPSA) is 92.1 Å². The molecule has 0 aliphatic carbocycles. The van der Waals surface area contributed by atoms with Crippen LogP contribution in [0.15, 0.2) is 65.7 Å². The van der Waals surface area contributed by atoms with Crippen LogP contribution in [0.2, 0.25) is 0 Å². The van der Waals surface area contributed by atoms with Gasteiger partial charge < -0.3 is 4.74 Å². The van der Waals surface area contributed by atoms with Gasteiger partial charge in [0.1, 0.15) is 17.4 Å². The molecular formula is C20H14F3N3O3S. The van der Waals surface area contributed by atoms with E-state index in [9.17, 15) is 21.6 Å². The molecule has 0 spiro atoms. The summed E-state index contributed by atoms with van der Waals surface area (Å²) in [6.07, 6.45) is -3.09. The molecular weight excluding hydrogens is 419 g/mol. The average Bonchev–Trinajstić information content (AvgIpc) is 2.70. The molecule has 0 saturated heterocycles. The molecule has 1 aromatic heterocycles. The minimum absolute atomic E-state index is 0.109. The largest absolute Gasteiger partial charge is 0.438 e. The van der Waals surface area contributed by atoms with Crippen LogP contribution < -0.4 is 9.46 Å². The van der Waals surface area contributed by atoms with Crippen LogP contribution in [-0.4, -0.2) is 13.4 Å². The maximum atomic E-state index is 12.7. The lowest BCUT2D eigenvalue weighted by molar-refractivity contribution is -0.137. The minimum Gasteiger partial charge on any atom is -0.438 e. The second-order valence-corrected chi connectivity index (χ2v) is 7.86. The number of sulfonamides is 1. The van der Waals surface area contributed by atoms with Crippen molar-refractivity contribution in [3.8, 4) is 17.7 Å². The van der Waals surface area contributed by atoms with Crippen molar-refractivity contribution >= 4 is 15.7 Å². The van der Waals surface area contributed by atoms with Crippen molar-refractivity contribution in [2.45, 2.75) is 18.0 Å². The van der Waals surface area contributed by atoms with Gasteiger partial charge in [-0.25, -0.2) is 13.4 Å². The van der Waals surface area contributed by atoms with E-state index in [1.165, 1.54) is 18.3 Å². The Hall–Kier alpha value is -3.58. The summed E-state index contributed by atoms with van der Waals surface area (Å²) in [6.45, 7) is 1.63. The van der Waals surface area contributed by atoms with E-state index in [1.807, 2.05) is 6.07 Å². The molecule has 0 amide bonds. The second-order valence-electron chi connectivity index (χ2n) is 6.17. The van der Waals surface area contributed by atoms with Crippen LogP contribution in [0, 0.1) is 18.3 Å². The van der Waals surface area contributed by atoms with Gasteiger partial charge in [0.25, 0.3) is 10.0 Å². The smallest absolute Gasteiger partial charge is 0.416 e. The van der Waals surface area contributed by atoms with Crippen molar-refractivity contribution in [3.05, 3.63) is 77.5 Å². The van der Waals surface area contributed by atoms with E-state index in [0.717, 1.165) is 12.1 Å². The van der Waals surface area contributed by atoms with E-state index in [-0.39, 0.29) is 22.0 Å². The first-order chi connectivity index (χ1) is 14.1. The molecule has 0 aliphatic rings. The maximum Gasteiger partial charge on any atom is 0.416 e. The van der Waals surface area contributed by atoms with Gasteiger partial charge in [0.05, 0.1) is 16.1 Å². The summed E-state index contributed by atoms with van der Waals surface area (Å²) in [7, 11) is -4.09. The molecule has 0 saturated carbocycles. The Morgan fingerprint density at radius 3 is 2.40 bits per heavy atom. The Morgan fingerprint density at radius 1 is 1.10 bits per heavy atom. The van der Waals surface area contributed by atoms with Gasteiger partial charge in [-0.15, -0.1) is 0 Å². The van der Waals surface area contributed by atoms with Gasteiger partial charge in [-0.05, 0) is 67.1 Å². The summed E-state index contributed by atoms with van der Waals surface area (Å²) in [5.74, 6) is 0.442. The number of pyridine rings is 1. The highest BCUT2D eigenvalue weighted by Gasteiger charge is 2.30. The minimum atomic E-state index is -4.55. The van der Waals surface area contributed by atoms with E-state index < -0.39 is 21.8 Å². The number of nitriles is 1. The summed E-state index contributed by atoms with van der Waals surface area (Å²) in [5, 5.41) is 9.08. The molecule has 1 heterocycles. The summed E-state index contributed by atoms with van der Waals surface area (Å²) in [4.78, 5) is 3.68. The second kappa shape index (κ2) is 8.04. The number of hydrogen-bond acceptors (Lipinski definition) is 5. The third kappa shape index (κ3) is 4.69. The highest BCUT2D eigenvalue weighted by molar-refractivity contribution is 7.92. The lowest BCUT2D eigenvalue weighted by atomic mass is 10.2. The monoisotopic (exact) mass is 433 g/mol. The molecule has 6 nitrogen and oxygen atoms in total. The number of halogens is 3. The van der Waals surface area contributed by atoms with Crippen LogP contribution in [0.5, 0.6) is 11.6 Å². The van der Waals surface area contributed by atoms with Crippen LogP contribution in [0.3, 0.4) is 0 Å². The van der Waals surface area contributed by atoms with Crippen molar-refractivity contribution in [3.63, 3.8) is 0 Å². The van der Waals surface area contributed by atoms with Crippen molar-refractivity contribution in [2.75, 3.05) is 4.72 Å². The lowest BCUT2D eigenvalue weighted by Crippen LogP contribution is -2.14. The van der Waals surface area contributed by atoms with Gasteiger partial charge in [-0.3, -0.25) is 4.72 Å². The third-order valence-corrected chi connectivity index (χ3v) is 5.42. The first kappa shape index (κ1) is 21.1. The first-order valence-corrected chi connectivity index (χ1v) is 9.92. The quantitative estimate of drug-likeness (QED) is 0.620. The van der Waals surface area contributed by atoms with E-state index >= 15 is 0 Å². The molecule has 3 aromatic rings. The van der Waals surface area contributed by atoms with Gasteiger partial charge in [0, 0.05) is 6.20 Å². The number of hydrogen-bond donors (Lipinski definition) is 1. The zero-order valence-electron chi connectivity index (χ0n) is 15.4. The fourth-order valence-electron chi connectivity index (χ4n) is 2.51. The van der Waals surface area contributed by atoms with Crippen LogP contribution in [0.4, 0.5) is 18.9 Å². The number of nitrogens with one attached hydrogen (secondary N) is 1. The molecule has 0 unspecified atom stereocenters. The highest BCUT2D eigenvalue weighted by atomic mass is 32.2. The lowest BCUT2D eigenvalue weighted by Gasteiger charge is -2.13. The molecule has 0 fully saturated rings. The zero-order chi connectivity index (χ0) is 21.9.